The van der Waals surface area contributed by atoms with Gasteiger partial charge < -0.3 is 15.3 Å². The quantitative estimate of drug-likeness (QED) is 0.557. The number of aliphatic hydroxyl groups excluding tert-OH is 1. The lowest BCUT2D eigenvalue weighted by atomic mass is 9.53. The van der Waals surface area contributed by atoms with Crippen molar-refractivity contribution in [1.29, 1.82) is 0 Å². The van der Waals surface area contributed by atoms with E-state index in [-0.39, 0.29) is 35.0 Å². The summed E-state index contributed by atoms with van der Waals surface area (Å²) in [5, 5.41) is 16.0. The van der Waals surface area contributed by atoms with E-state index in [0.29, 0.717) is 6.54 Å². The second kappa shape index (κ2) is 9.59. The number of anilines is 1. The Bertz CT molecular complexity index is 991. The predicted octanol–water partition coefficient (Wildman–Crippen LogP) is 5.09. The molecular formula is C27H37N3O2S. The van der Waals surface area contributed by atoms with Gasteiger partial charge in [0.2, 0.25) is 5.91 Å². The van der Waals surface area contributed by atoms with E-state index in [1.54, 1.807) is 22.3 Å². The number of nitrogens with zero attached hydrogens (tertiary/aromatic N) is 2. The molecule has 178 valence electrons. The van der Waals surface area contributed by atoms with Crippen molar-refractivity contribution < 1.29 is 9.90 Å². The monoisotopic (exact) mass is 467 g/mol. The molecule has 0 radical (unpaired) electrons. The number of hydrogen-bond acceptors (Lipinski definition) is 5. The Hall–Kier alpha value is -2.18. The molecule has 1 amide bonds. The molecule has 0 bridgehead atoms. The van der Waals surface area contributed by atoms with Crippen molar-refractivity contribution in [3.63, 3.8) is 0 Å². The highest BCUT2D eigenvalue weighted by molar-refractivity contribution is 7.15. The van der Waals surface area contributed by atoms with E-state index in [1.807, 2.05) is 20.0 Å². The summed E-state index contributed by atoms with van der Waals surface area (Å²) >= 11 is 1.76. The molecule has 1 heterocycles. The summed E-state index contributed by atoms with van der Waals surface area (Å²) in [5.41, 5.74) is 2.39. The van der Waals surface area contributed by atoms with Gasteiger partial charge in [0.1, 0.15) is 0 Å². The molecule has 4 rings (SSSR count). The van der Waals surface area contributed by atoms with Crippen LogP contribution in [0.25, 0.3) is 0 Å². The lowest BCUT2D eigenvalue weighted by Crippen LogP contribution is -2.53. The molecule has 2 N–H and O–H groups in total. The summed E-state index contributed by atoms with van der Waals surface area (Å²) in [5.74, 6) is 0.122. The number of likely N-dealkylation sites (N-methyl/N-ethyl adjacent to an activating group) is 1. The maximum absolute atomic E-state index is 12.9. The number of nitrogens with one attached hydrogen (secondary N) is 1. The summed E-state index contributed by atoms with van der Waals surface area (Å²) in [6.45, 7) is 11.5. The van der Waals surface area contributed by atoms with Gasteiger partial charge in [-0.3, -0.25) is 4.79 Å². The maximum atomic E-state index is 12.9. The second-order valence-corrected chi connectivity index (χ2v) is 11.4. The van der Waals surface area contributed by atoms with Gasteiger partial charge in [-0.2, -0.15) is 0 Å². The first-order valence-electron chi connectivity index (χ1n) is 12.1. The minimum absolute atomic E-state index is 0.0267. The number of fused-ring (bicyclic) bond motifs is 2. The molecule has 2 aromatic rings. The molecule has 0 unspecified atom stereocenters. The third-order valence-electron chi connectivity index (χ3n) is 8.02. The number of hydrogen-bond donors (Lipinski definition) is 2. The number of thiazole rings is 1. The van der Waals surface area contributed by atoms with Gasteiger partial charge in [-0.05, 0) is 42.1 Å². The zero-order chi connectivity index (χ0) is 23.8. The summed E-state index contributed by atoms with van der Waals surface area (Å²) < 4.78 is 0. The molecule has 0 spiro atoms. The van der Waals surface area contributed by atoms with Gasteiger partial charge in [0.05, 0.1) is 11.8 Å². The van der Waals surface area contributed by atoms with Crippen molar-refractivity contribution in [2.75, 3.05) is 18.9 Å². The van der Waals surface area contributed by atoms with Crippen molar-refractivity contribution in [1.82, 2.24) is 9.88 Å². The molecule has 33 heavy (non-hydrogen) atoms. The van der Waals surface area contributed by atoms with Crippen LogP contribution in [-0.2, 0) is 17.8 Å². The molecule has 6 atom stereocenters. The lowest BCUT2D eigenvalue weighted by Gasteiger charge is -2.53. The average molecular weight is 468 g/mol. The fraction of sp³-hybridized carbons (Fsp3) is 0.556. The van der Waals surface area contributed by atoms with E-state index in [9.17, 15) is 9.90 Å². The number of carbonyl (C=O) groups is 1. The van der Waals surface area contributed by atoms with Gasteiger partial charge in [-0.25, -0.2) is 4.98 Å². The van der Waals surface area contributed by atoms with Gasteiger partial charge in [-0.1, -0.05) is 57.2 Å². The molecule has 1 saturated carbocycles. The first-order valence-corrected chi connectivity index (χ1v) is 12.9. The van der Waals surface area contributed by atoms with Crippen LogP contribution in [0.3, 0.4) is 0 Å². The smallest absolute Gasteiger partial charge is 0.225 e. The zero-order valence-electron chi connectivity index (χ0n) is 20.3. The van der Waals surface area contributed by atoms with E-state index in [0.717, 1.165) is 36.6 Å². The van der Waals surface area contributed by atoms with Crippen LogP contribution in [0.4, 0.5) is 5.13 Å². The van der Waals surface area contributed by atoms with Gasteiger partial charge in [0.25, 0.3) is 0 Å². The van der Waals surface area contributed by atoms with Crippen LogP contribution in [0.5, 0.6) is 0 Å². The fourth-order valence-corrected chi connectivity index (χ4v) is 7.47. The summed E-state index contributed by atoms with van der Waals surface area (Å²) in [6, 6.07) is 10.4. The largest absolute Gasteiger partial charge is 0.392 e. The molecule has 2 aliphatic rings. The minimum atomic E-state index is -0.509. The topological polar surface area (TPSA) is 65.5 Å². The molecule has 0 aliphatic heterocycles. The molecular weight excluding hydrogens is 430 g/mol. The Morgan fingerprint density at radius 1 is 1.42 bits per heavy atom. The van der Waals surface area contributed by atoms with Crippen molar-refractivity contribution in [2.24, 2.45) is 23.2 Å². The van der Waals surface area contributed by atoms with Gasteiger partial charge >= 0.3 is 0 Å². The highest BCUT2D eigenvalue weighted by Crippen LogP contribution is 2.57. The second-order valence-electron chi connectivity index (χ2n) is 10.3. The highest BCUT2D eigenvalue weighted by atomic mass is 32.1. The SMILES string of the molecule is C=CCN(C)C(=O)[C@@H](C)[C@@H]1CC[C@]2(C)Cc3sc(NCc4ccccc4)nc3[C@H](C)[C@@H]2[C@H]1O. The van der Waals surface area contributed by atoms with E-state index in [1.165, 1.54) is 10.4 Å². The van der Waals surface area contributed by atoms with Crippen molar-refractivity contribution >= 4 is 22.4 Å². The maximum Gasteiger partial charge on any atom is 0.225 e. The summed E-state index contributed by atoms with van der Waals surface area (Å²) in [7, 11) is 1.81. The van der Waals surface area contributed by atoms with Crippen molar-refractivity contribution in [3.05, 3.63) is 59.1 Å². The van der Waals surface area contributed by atoms with Crippen molar-refractivity contribution in [3.8, 4) is 0 Å². The number of benzene rings is 1. The van der Waals surface area contributed by atoms with E-state index < -0.39 is 6.10 Å². The third-order valence-corrected chi connectivity index (χ3v) is 9.05. The van der Waals surface area contributed by atoms with Crippen LogP contribution in [0, 0.1) is 23.2 Å². The summed E-state index contributed by atoms with van der Waals surface area (Å²) in [4.78, 5) is 21.0. The Morgan fingerprint density at radius 3 is 2.85 bits per heavy atom. The minimum Gasteiger partial charge on any atom is -0.392 e. The van der Waals surface area contributed by atoms with E-state index in [2.05, 4.69) is 50.0 Å². The first-order chi connectivity index (χ1) is 15.7. The highest BCUT2D eigenvalue weighted by Gasteiger charge is 2.54. The number of carbonyl (C=O) groups excluding carboxylic acids is 1. The van der Waals surface area contributed by atoms with E-state index in [4.69, 9.17) is 4.98 Å². The third kappa shape index (κ3) is 4.60. The van der Waals surface area contributed by atoms with Crippen LogP contribution in [0.2, 0.25) is 0 Å². The lowest BCUT2D eigenvalue weighted by molar-refractivity contribution is -0.143. The van der Waals surface area contributed by atoms with Crippen LogP contribution < -0.4 is 5.32 Å². The zero-order valence-corrected chi connectivity index (χ0v) is 21.1. The van der Waals surface area contributed by atoms with Crippen molar-refractivity contribution in [2.45, 2.75) is 58.6 Å². The van der Waals surface area contributed by atoms with Crippen LogP contribution in [0.15, 0.2) is 43.0 Å². The fourth-order valence-electron chi connectivity index (χ4n) is 6.21. The van der Waals surface area contributed by atoms with Gasteiger partial charge in [-0.15, -0.1) is 17.9 Å². The molecule has 2 aliphatic carbocycles. The standard InChI is InChI=1S/C27H37N3O2S/c1-6-14-30(5)25(32)17(2)20-12-13-27(4)15-21-23(18(3)22(27)24(20)31)29-26(33-21)28-16-19-10-8-7-9-11-19/h6-11,17-18,20,22,24,31H,1,12-16H2,2-5H3,(H,28,29)/t17-,18+,20-,22+,24-,27+/m0/s1. The molecule has 5 nitrogen and oxygen atoms in total. The first kappa shape index (κ1) is 24.0. The van der Waals surface area contributed by atoms with E-state index >= 15 is 0 Å². The normalized spacial score (nSPS) is 29.5. The molecule has 1 fully saturated rings. The number of rotatable bonds is 7. The van der Waals surface area contributed by atoms with Gasteiger partial charge in [0.15, 0.2) is 5.13 Å². The molecule has 1 aromatic heterocycles. The number of aromatic nitrogens is 1. The predicted molar refractivity (Wildman–Crippen MR) is 135 cm³/mol. The molecule has 1 aromatic carbocycles. The van der Waals surface area contributed by atoms with Crippen LogP contribution in [0.1, 0.15) is 55.7 Å². The van der Waals surface area contributed by atoms with Gasteiger partial charge in [0, 0.05) is 36.9 Å². The van der Waals surface area contributed by atoms with Crippen LogP contribution in [-0.4, -0.2) is 40.6 Å². The Labute approximate surface area is 201 Å². The molecule has 6 heteroatoms. The number of aliphatic hydroxyl groups is 1. The number of amides is 1. The Balaban J connectivity index is 1.52. The summed E-state index contributed by atoms with van der Waals surface area (Å²) in [6.07, 6.45) is 4.09. The Morgan fingerprint density at radius 2 is 2.15 bits per heavy atom. The average Bonchev–Trinajstić information content (AvgIpc) is 3.20. The van der Waals surface area contributed by atoms with Crippen LogP contribution >= 0.6 is 11.3 Å². The Kier molecular flexibility index (Phi) is 6.96. The molecule has 0 saturated heterocycles.